The lowest BCUT2D eigenvalue weighted by molar-refractivity contribution is 0.0996. The topological polar surface area (TPSA) is 46.3 Å². The lowest BCUT2D eigenvalue weighted by atomic mass is 10.1. The minimum atomic E-state index is -0.0912. The standard InChI is InChI=1S/C14H10Cl2N2O/c15-9-2-4-13(12(16)5-9)18-7-8-1-3-10(17)6-11(8)14(18)19/h1-6H,7,17H2. The van der Waals surface area contributed by atoms with Crippen molar-refractivity contribution in [1.29, 1.82) is 0 Å². The third-order valence-electron chi connectivity index (χ3n) is 3.14. The second-order valence-corrected chi connectivity index (χ2v) is 5.25. The molecule has 0 spiro atoms. The van der Waals surface area contributed by atoms with E-state index in [1.807, 2.05) is 6.07 Å². The summed E-state index contributed by atoms with van der Waals surface area (Å²) in [5.74, 6) is -0.0912. The van der Waals surface area contributed by atoms with E-state index in [9.17, 15) is 4.79 Å². The number of anilines is 2. The molecule has 0 bridgehead atoms. The van der Waals surface area contributed by atoms with E-state index in [0.717, 1.165) is 5.56 Å². The number of nitrogens with two attached hydrogens (primary N) is 1. The van der Waals surface area contributed by atoms with E-state index in [4.69, 9.17) is 28.9 Å². The zero-order valence-corrected chi connectivity index (χ0v) is 11.4. The van der Waals surface area contributed by atoms with Gasteiger partial charge in [0.2, 0.25) is 0 Å². The summed E-state index contributed by atoms with van der Waals surface area (Å²) < 4.78 is 0. The van der Waals surface area contributed by atoms with Crippen LogP contribution in [-0.4, -0.2) is 5.91 Å². The van der Waals surface area contributed by atoms with E-state index >= 15 is 0 Å². The van der Waals surface area contributed by atoms with Gasteiger partial charge in [0.15, 0.2) is 0 Å². The molecular formula is C14H10Cl2N2O. The van der Waals surface area contributed by atoms with Crippen molar-refractivity contribution in [2.45, 2.75) is 6.54 Å². The van der Waals surface area contributed by atoms with Gasteiger partial charge < -0.3 is 10.6 Å². The second-order valence-electron chi connectivity index (χ2n) is 4.40. The number of halogens is 2. The van der Waals surface area contributed by atoms with Gasteiger partial charge in [-0.15, -0.1) is 0 Å². The third-order valence-corrected chi connectivity index (χ3v) is 3.68. The Bertz CT molecular complexity index is 685. The van der Waals surface area contributed by atoms with Crippen molar-refractivity contribution >= 4 is 40.5 Å². The molecule has 19 heavy (non-hydrogen) atoms. The molecule has 3 rings (SSSR count). The Morgan fingerprint density at radius 1 is 1.11 bits per heavy atom. The van der Waals surface area contributed by atoms with Gasteiger partial charge in [-0.25, -0.2) is 0 Å². The maximum absolute atomic E-state index is 12.4. The van der Waals surface area contributed by atoms with Crippen molar-refractivity contribution in [2.75, 3.05) is 10.6 Å². The Labute approximate surface area is 120 Å². The van der Waals surface area contributed by atoms with Crippen LogP contribution < -0.4 is 10.6 Å². The predicted molar refractivity (Wildman–Crippen MR) is 77.8 cm³/mol. The van der Waals surface area contributed by atoms with E-state index in [0.29, 0.717) is 33.5 Å². The first-order valence-corrected chi connectivity index (χ1v) is 6.47. The number of amides is 1. The number of nitrogen functional groups attached to an aromatic ring is 1. The van der Waals surface area contributed by atoms with Gasteiger partial charge in [-0.1, -0.05) is 29.3 Å². The minimum absolute atomic E-state index is 0.0912. The Balaban J connectivity index is 2.04. The zero-order valence-electron chi connectivity index (χ0n) is 9.86. The van der Waals surface area contributed by atoms with Crippen LogP contribution in [0.5, 0.6) is 0 Å². The summed E-state index contributed by atoms with van der Waals surface area (Å²) in [5.41, 5.74) is 8.53. The number of carbonyl (C=O) groups excluding carboxylic acids is 1. The van der Waals surface area contributed by atoms with Crippen molar-refractivity contribution in [3.05, 3.63) is 57.6 Å². The van der Waals surface area contributed by atoms with Gasteiger partial charge in [0.05, 0.1) is 17.3 Å². The van der Waals surface area contributed by atoms with E-state index in [1.54, 1.807) is 35.2 Å². The zero-order chi connectivity index (χ0) is 13.6. The minimum Gasteiger partial charge on any atom is -0.399 e. The molecule has 2 aromatic rings. The number of rotatable bonds is 1. The summed E-state index contributed by atoms with van der Waals surface area (Å²) in [6, 6.07) is 10.4. The maximum Gasteiger partial charge on any atom is 0.259 e. The van der Waals surface area contributed by atoms with Crippen molar-refractivity contribution in [3.8, 4) is 0 Å². The first kappa shape index (κ1) is 12.3. The molecule has 0 radical (unpaired) electrons. The molecule has 96 valence electrons. The second kappa shape index (κ2) is 4.44. The first-order valence-electron chi connectivity index (χ1n) is 5.71. The number of fused-ring (bicyclic) bond motifs is 1. The molecule has 1 amide bonds. The fourth-order valence-corrected chi connectivity index (χ4v) is 2.72. The van der Waals surface area contributed by atoms with Gasteiger partial charge >= 0.3 is 0 Å². The Morgan fingerprint density at radius 3 is 2.63 bits per heavy atom. The lowest BCUT2D eigenvalue weighted by Crippen LogP contribution is -2.23. The summed E-state index contributed by atoms with van der Waals surface area (Å²) in [5, 5.41) is 1.00. The summed E-state index contributed by atoms with van der Waals surface area (Å²) in [6.45, 7) is 0.496. The Hall–Kier alpha value is -1.71. The SMILES string of the molecule is Nc1ccc2c(c1)C(=O)N(c1ccc(Cl)cc1Cl)C2. The normalized spacial score (nSPS) is 13.8. The molecule has 0 saturated heterocycles. The Kier molecular flexibility index (Phi) is 2.88. The molecule has 0 aromatic heterocycles. The largest absolute Gasteiger partial charge is 0.399 e. The third kappa shape index (κ3) is 2.05. The van der Waals surface area contributed by atoms with Gasteiger partial charge in [0.1, 0.15) is 0 Å². The molecule has 0 saturated carbocycles. The molecule has 1 aliphatic rings. The molecule has 0 atom stereocenters. The molecule has 0 fully saturated rings. The summed E-state index contributed by atoms with van der Waals surface area (Å²) in [7, 11) is 0. The van der Waals surface area contributed by atoms with Crippen LogP contribution in [-0.2, 0) is 6.54 Å². The predicted octanol–water partition coefficient (Wildman–Crippen LogP) is 3.74. The monoisotopic (exact) mass is 292 g/mol. The van der Waals surface area contributed by atoms with Crippen molar-refractivity contribution in [1.82, 2.24) is 0 Å². The van der Waals surface area contributed by atoms with Gasteiger partial charge in [-0.05, 0) is 35.9 Å². The van der Waals surface area contributed by atoms with Crippen LogP contribution in [0.1, 0.15) is 15.9 Å². The molecule has 1 heterocycles. The fraction of sp³-hybridized carbons (Fsp3) is 0.0714. The highest BCUT2D eigenvalue weighted by Crippen LogP contribution is 2.35. The highest BCUT2D eigenvalue weighted by atomic mass is 35.5. The van der Waals surface area contributed by atoms with E-state index in [2.05, 4.69) is 0 Å². The molecule has 1 aliphatic heterocycles. The number of benzene rings is 2. The number of hydrogen-bond donors (Lipinski definition) is 1. The molecular weight excluding hydrogens is 283 g/mol. The average molecular weight is 293 g/mol. The molecule has 0 aliphatic carbocycles. The van der Waals surface area contributed by atoms with Crippen molar-refractivity contribution in [2.24, 2.45) is 0 Å². The van der Waals surface area contributed by atoms with Crippen LogP contribution in [0.2, 0.25) is 10.0 Å². The van der Waals surface area contributed by atoms with Crippen LogP contribution in [0, 0.1) is 0 Å². The van der Waals surface area contributed by atoms with Crippen LogP contribution in [0.4, 0.5) is 11.4 Å². The van der Waals surface area contributed by atoms with E-state index in [-0.39, 0.29) is 5.91 Å². The fourth-order valence-electron chi connectivity index (χ4n) is 2.21. The van der Waals surface area contributed by atoms with E-state index < -0.39 is 0 Å². The smallest absolute Gasteiger partial charge is 0.259 e. The van der Waals surface area contributed by atoms with Gasteiger partial charge in [-0.3, -0.25) is 4.79 Å². The molecule has 3 nitrogen and oxygen atoms in total. The summed E-state index contributed by atoms with van der Waals surface area (Å²) >= 11 is 12.0. The summed E-state index contributed by atoms with van der Waals surface area (Å²) in [4.78, 5) is 14.0. The Morgan fingerprint density at radius 2 is 1.89 bits per heavy atom. The molecule has 0 unspecified atom stereocenters. The average Bonchev–Trinajstić information content (AvgIpc) is 2.67. The maximum atomic E-state index is 12.4. The highest BCUT2D eigenvalue weighted by molar-refractivity contribution is 6.37. The lowest BCUT2D eigenvalue weighted by Gasteiger charge is -2.17. The number of nitrogens with zero attached hydrogens (tertiary/aromatic N) is 1. The van der Waals surface area contributed by atoms with Crippen LogP contribution in [0.15, 0.2) is 36.4 Å². The van der Waals surface area contributed by atoms with Crippen LogP contribution in [0.25, 0.3) is 0 Å². The van der Waals surface area contributed by atoms with Crippen molar-refractivity contribution < 1.29 is 4.79 Å². The number of carbonyl (C=O) groups is 1. The van der Waals surface area contributed by atoms with Crippen LogP contribution in [0.3, 0.4) is 0 Å². The van der Waals surface area contributed by atoms with Crippen molar-refractivity contribution in [3.63, 3.8) is 0 Å². The van der Waals surface area contributed by atoms with Gasteiger partial charge in [-0.2, -0.15) is 0 Å². The highest BCUT2D eigenvalue weighted by Gasteiger charge is 2.29. The van der Waals surface area contributed by atoms with E-state index in [1.165, 1.54) is 0 Å². The molecule has 2 aromatic carbocycles. The van der Waals surface area contributed by atoms with Crippen LogP contribution >= 0.6 is 23.2 Å². The quantitative estimate of drug-likeness (QED) is 0.814. The molecule has 2 N–H and O–H groups in total. The van der Waals surface area contributed by atoms with Gasteiger partial charge in [0.25, 0.3) is 5.91 Å². The molecule has 5 heteroatoms. The first-order chi connectivity index (χ1) is 9.06. The number of hydrogen-bond acceptors (Lipinski definition) is 2. The van der Waals surface area contributed by atoms with Gasteiger partial charge in [0, 0.05) is 16.3 Å². The summed E-state index contributed by atoms with van der Waals surface area (Å²) in [6.07, 6.45) is 0.